The smallest absolute Gasteiger partial charge is 0.462 e. The third-order valence-corrected chi connectivity index (χ3v) is 13.5. The first-order valence-electron chi connectivity index (χ1n) is 28.9. The highest BCUT2D eigenvalue weighted by Gasteiger charge is 2.28. The summed E-state index contributed by atoms with van der Waals surface area (Å²) in [6, 6.07) is 0. The Morgan fingerprint density at radius 1 is 0.400 bits per heavy atom. The van der Waals surface area contributed by atoms with Gasteiger partial charge in [-0.3, -0.25) is 23.4 Å². The van der Waals surface area contributed by atoms with Gasteiger partial charge in [0.05, 0.1) is 19.8 Å². The molecule has 410 valence electrons. The SMILES string of the molecule is CCCCC/C=C\C/C=C\CCCCCCCC(=O)OC(COC(=O)CCCCCCCCC/C=C\CCCCCCCC)COP(=O)(O)OCC(CO)OC(=O)CCCCCCCCCCCCC. The van der Waals surface area contributed by atoms with Crippen molar-refractivity contribution in [2.24, 2.45) is 0 Å². The van der Waals surface area contributed by atoms with Crippen LogP contribution in [0.2, 0.25) is 0 Å². The second-order valence-corrected chi connectivity index (χ2v) is 20.9. The molecule has 0 spiro atoms. The van der Waals surface area contributed by atoms with Gasteiger partial charge in [0.2, 0.25) is 0 Å². The van der Waals surface area contributed by atoms with Gasteiger partial charge in [0.1, 0.15) is 12.7 Å². The van der Waals surface area contributed by atoms with Crippen LogP contribution in [-0.4, -0.2) is 66.5 Å². The fraction of sp³-hybridized carbons (Fsp3) is 0.845. The number of phosphoric ester groups is 1. The van der Waals surface area contributed by atoms with E-state index < -0.39 is 57.8 Å². The van der Waals surface area contributed by atoms with Crippen LogP contribution in [0, 0.1) is 0 Å². The number of carbonyl (C=O) groups is 3. The van der Waals surface area contributed by atoms with E-state index in [1.165, 1.54) is 128 Å². The number of hydrogen-bond donors (Lipinski definition) is 2. The summed E-state index contributed by atoms with van der Waals surface area (Å²) in [6.07, 6.45) is 53.9. The van der Waals surface area contributed by atoms with Crippen LogP contribution in [0.4, 0.5) is 0 Å². The molecule has 0 radical (unpaired) electrons. The predicted molar refractivity (Wildman–Crippen MR) is 289 cm³/mol. The Bertz CT molecular complexity index is 1320. The quantitative estimate of drug-likeness (QED) is 0.0197. The van der Waals surface area contributed by atoms with Gasteiger partial charge in [-0.15, -0.1) is 0 Å². The molecule has 3 atom stereocenters. The largest absolute Gasteiger partial charge is 0.472 e. The summed E-state index contributed by atoms with van der Waals surface area (Å²) in [5, 5.41) is 9.79. The van der Waals surface area contributed by atoms with Gasteiger partial charge in [-0.2, -0.15) is 0 Å². The molecule has 0 saturated carbocycles. The summed E-state index contributed by atoms with van der Waals surface area (Å²) in [6.45, 7) is 4.61. The number of aliphatic hydroxyl groups excluding tert-OH is 1. The fourth-order valence-electron chi connectivity index (χ4n) is 8.09. The topological polar surface area (TPSA) is 155 Å². The van der Waals surface area contributed by atoms with Gasteiger partial charge in [0, 0.05) is 19.3 Å². The maximum absolute atomic E-state index is 12.9. The average molecular weight is 1010 g/mol. The molecule has 0 aliphatic rings. The van der Waals surface area contributed by atoms with Crippen molar-refractivity contribution in [3.8, 4) is 0 Å². The van der Waals surface area contributed by atoms with Gasteiger partial charge in [0.15, 0.2) is 6.10 Å². The van der Waals surface area contributed by atoms with Crippen LogP contribution in [-0.2, 0) is 42.2 Å². The van der Waals surface area contributed by atoms with Crippen molar-refractivity contribution >= 4 is 25.7 Å². The second-order valence-electron chi connectivity index (χ2n) is 19.5. The summed E-state index contributed by atoms with van der Waals surface area (Å²) in [4.78, 5) is 48.5. The molecule has 0 aliphatic carbocycles. The summed E-state index contributed by atoms with van der Waals surface area (Å²) >= 11 is 0. The molecule has 0 aromatic rings. The fourth-order valence-corrected chi connectivity index (χ4v) is 8.87. The van der Waals surface area contributed by atoms with E-state index in [-0.39, 0.29) is 25.9 Å². The van der Waals surface area contributed by atoms with Gasteiger partial charge in [0.25, 0.3) is 0 Å². The number of ether oxygens (including phenoxy) is 3. The first kappa shape index (κ1) is 67.7. The molecule has 12 heteroatoms. The molecule has 0 amide bonds. The molecule has 11 nitrogen and oxygen atoms in total. The molecular weight excluding hydrogens is 904 g/mol. The first-order valence-corrected chi connectivity index (χ1v) is 30.4. The van der Waals surface area contributed by atoms with Crippen LogP contribution in [0.15, 0.2) is 36.5 Å². The molecule has 0 heterocycles. The van der Waals surface area contributed by atoms with Gasteiger partial charge in [-0.05, 0) is 77.0 Å². The summed E-state index contributed by atoms with van der Waals surface area (Å²) in [5.41, 5.74) is 0. The van der Waals surface area contributed by atoms with E-state index in [0.29, 0.717) is 19.3 Å². The molecule has 0 bridgehead atoms. The number of rotatable bonds is 54. The highest BCUT2D eigenvalue weighted by molar-refractivity contribution is 7.47. The summed E-state index contributed by atoms with van der Waals surface area (Å²) in [5.74, 6) is -1.47. The molecular formula is C58H107O11P. The van der Waals surface area contributed by atoms with E-state index in [9.17, 15) is 28.9 Å². The zero-order valence-corrected chi connectivity index (χ0v) is 46.1. The van der Waals surface area contributed by atoms with Crippen molar-refractivity contribution in [1.82, 2.24) is 0 Å². The lowest BCUT2D eigenvalue weighted by Gasteiger charge is -2.21. The molecule has 70 heavy (non-hydrogen) atoms. The zero-order valence-electron chi connectivity index (χ0n) is 45.2. The Kier molecular flexibility index (Phi) is 51.3. The predicted octanol–water partition coefficient (Wildman–Crippen LogP) is 16.8. The van der Waals surface area contributed by atoms with Crippen LogP contribution in [0.5, 0.6) is 0 Å². The average Bonchev–Trinajstić information content (AvgIpc) is 3.35. The van der Waals surface area contributed by atoms with Gasteiger partial charge in [-0.1, -0.05) is 218 Å². The van der Waals surface area contributed by atoms with E-state index in [0.717, 1.165) is 89.9 Å². The highest BCUT2D eigenvalue weighted by Crippen LogP contribution is 2.43. The van der Waals surface area contributed by atoms with Gasteiger partial charge in [-0.25, -0.2) is 4.57 Å². The maximum atomic E-state index is 12.9. The van der Waals surface area contributed by atoms with Crippen molar-refractivity contribution in [3.05, 3.63) is 36.5 Å². The van der Waals surface area contributed by atoms with E-state index in [4.69, 9.17) is 23.3 Å². The lowest BCUT2D eigenvalue weighted by Crippen LogP contribution is -2.30. The highest BCUT2D eigenvalue weighted by atomic mass is 31.2. The van der Waals surface area contributed by atoms with Gasteiger partial charge < -0.3 is 24.2 Å². The number of hydrogen-bond acceptors (Lipinski definition) is 10. The van der Waals surface area contributed by atoms with Crippen LogP contribution >= 0.6 is 7.82 Å². The normalized spacial score (nSPS) is 13.6. The standard InChI is InChI=1S/C58H107O11P/c1-4-7-10-13-16-19-22-24-26-27-29-30-33-35-38-41-44-47-56(60)65-51-55(69-58(62)49-46-43-40-37-34-31-28-25-23-20-17-14-11-8-5-2)53-67-70(63,64)66-52-54(50-59)68-57(61)48-45-42-39-36-32-21-18-15-12-9-6-3/h17,20,24-26,28,54-55,59H,4-16,18-19,21-23,27,29-53H2,1-3H3,(H,63,64)/b20-17-,26-24-,28-25-. The lowest BCUT2D eigenvalue weighted by atomic mass is 10.1. The van der Waals surface area contributed by atoms with Crippen molar-refractivity contribution in [1.29, 1.82) is 0 Å². The summed E-state index contributed by atoms with van der Waals surface area (Å²) < 4.78 is 39.5. The minimum absolute atomic E-state index is 0.154. The van der Waals surface area contributed by atoms with E-state index in [1.54, 1.807) is 0 Å². The first-order chi connectivity index (χ1) is 34.2. The third-order valence-electron chi connectivity index (χ3n) is 12.5. The van der Waals surface area contributed by atoms with Crippen molar-refractivity contribution in [2.75, 3.05) is 26.4 Å². The third kappa shape index (κ3) is 50.6. The Hall–Kier alpha value is -2.30. The lowest BCUT2D eigenvalue weighted by molar-refractivity contribution is -0.161. The molecule has 0 fully saturated rings. The summed E-state index contributed by atoms with van der Waals surface area (Å²) in [7, 11) is -4.74. The number of unbranched alkanes of at least 4 members (excludes halogenated alkanes) is 31. The van der Waals surface area contributed by atoms with Crippen molar-refractivity contribution in [2.45, 2.75) is 290 Å². The molecule has 0 saturated heterocycles. The van der Waals surface area contributed by atoms with Crippen LogP contribution in [0.1, 0.15) is 278 Å². The second kappa shape index (κ2) is 53.0. The minimum atomic E-state index is -4.74. The van der Waals surface area contributed by atoms with E-state index in [1.807, 2.05) is 0 Å². The Morgan fingerprint density at radius 2 is 0.700 bits per heavy atom. The molecule has 0 aromatic heterocycles. The Balaban J connectivity index is 4.73. The monoisotopic (exact) mass is 1010 g/mol. The van der Waals surface area contributed by atoms with Crippen molar-refractivity contribution < 1.29 is 52.2 Å². The number of esters is 3. The van der Waals surface area contributed by atoms with Crippen molar-refractivity contribution in [3.63, 3.8) is 0 Å². The van der Waals surface area contributed by atoms with Gasteiger partial charge >= 0.3 is 25.7 Å². The number of carbonyl (C=O) groups excluding carboxylic acids is 3. The van der Waals surface area contributed by atoms with Crippen LogP contribution in [0.25, 0.3) is 0 Å². The van der Waals surface area contributed by atoms with Crippen LogP contribution < -0.4 is 0 Å². The number of allylic oxidation sites excluding steroid dienone is 6. The number of aliphatic hydroxyl groups is 1. The van der Waals surface area contributed by atoms with E-state index >= 15 is 0 Å². The molecule has 0 aliphatic heterocycles. The number of phosphoric acid groups is 1. The van der Waals surface area contributed by atoms with E-state index in [2.05, 4.69) is 57.2 Å². The van der Waals surface area contributed by atoms with Crippen LogP contribution in [0.3, 0.4) is 0 Å². The Labute approximate surface area is 429 Å². The molecule has 0 aromatic carbocycles. The maximum Gasteiger partial charge on any atom is 0.472 e. The molecule has 2 N–H and O–H groups in total. The zero-order chi connectivity index (χ0) is 51.3. The minimum Gasteiger partial charge on any atom is -0.462 e. The molecule has 3 unspecified atom stereocenters. The Morgan fingerprint density at radius 3 is 1.10 bits per heavy atom. The molecule has 0 rings (SSSR count).